The average Bonchev–Trinajstić information content (AvgIpc) is 2.84. The lowest BCUT2D eigenvalue weighted by Crippen LogP contribution is -2.13. The molecule has 0 aliphatic rings. The van der Waals surface area contributed by atoms with E-state index in [9.17, 15) is 18.0 Å². The zero-order valence-corrected chi connectivity index (χ0v) is 14.5. The van der Waals surface area contributed by atoms with E-state index in [2.05, 4.69) is 16.5 Å². The molecular formula is C18H19F3N4O. The summed E-state index contributed by atoms with van der Waals surface area (Å²) in [5, 5.41) is 15.6. The first-order valence-corrected chi connectivity index (χ1v) is 8.09. The third kappa shape index (κ3) is 4.85. The Morgan fingerprint density at radius 3 is 2.50 bits per heavy atom. The van der Waals surface area contributed by atoms with Gasteiger partial charge in [0, 0.05) is 17.8 Å². The molecule has 5 nitrogen and oxygen atoms in total. The van der Waals surface area contributed by atoms with Gasteiger partial charge in [-0.05, 0) is 50.1 Å². The first-order chi connectivity index (χ1) is 12.2. The predicted octanol–water partition coefficient (Wildman–Crippen LogP) is 4.00. The standard InChI is InChI=1S/C18H19F3N4O/c1-12-16(13(2)25(24-12)11-3-10-22)8-9-17(26)23-15-6-4-14(5-7-15)18(19,20)21/h4-7H,3,8-9,11H2,1-2H3,(H,23,26). The van der Waals surface area contributed by atoms with Crippen molar-refractivity contribution in [1.82, 2.24) is 9.78 Å². The van der Waals surface area contributed by atoms with Crippen LogP contribution >= 0.6 is 0 Å². The van der Waals surface area contributed by atoms with Crippen molar-refractivity contribution in [1.29, 1.82) is 5.26 Å². The molecule has 2 aromatic rings. The van der Waals surface area contributed by atoms with Gasteiger partial charge in [0.25, 0.3) is 0 Å². The van der Waals surface area contributed by atoms with Crippen LogP contribution in [0.25, 0.3) is 0 Å². The summed E-state index contributed by atoms with van der Waals surface area (Å²) in [5.41, 5.74) is 2.24. The zero-order valence-electron chi connectivity index (χ0n) is 14.5. The Labute approximate surface area is 149 Å². The summed E-state index contributed by atoms with van der Waals surface area (Å²) in [5.74, 6) is -0.284. The van der Waals surface area contributed by atoms with Crippen molar-refractivity contribution in [3.05, 3.63) is 46.8 Å². The summed E-state index contributed by atoms with van der Waals surface area (Å²) in [6.45, 7) is 4.24. The first-order valence-electron chi connectivity index (χ1n) is 8.09. The molecule has 0 aliphatic carbocycles. The van der Waals surface area contributed by atoms with Crippen molar-refractivity contribution in [3.63, 3.8) is 0 Å². The molecule has 0 bridgehead atoms. The van der Waals surface area contributed by atoms with E-state index in [4.69, 9.17) is 5.26 Å². The minimum absolute atomic E-state index is 0.187. The second kappa shape index (κ2) is 8.04. The van der Waals surface area contributed by atoms with Gasteiger partial charge in [-0.15, -0.1) is 0 Å². The van der Waals surface area contributed by atoms with E-state index in [1.165, 1.54) is 12.1 Å². The SMILES string of the molecule is Cc1nn(CCC#N)c(C)c1CCC(=O)Nc1ccc(C(F)(F)F)cc1. The number of nitrogens with zero attached hydrogens (tertiary/aromatic N) is 3. The molecule has 0 saturated heterocycles. The molecule has 1 heterocycles. The smallest absolute Gasteiger partial charge is 0.326 e. The van der Waals surface area contributed by atoms with Crippen LogP contribution in [0.3, 0.4) is 0 Å². The monoisotopic (exact) mass is 364 g/mol. The van der Waals surface area contributed by atoms with Gasteiger partial charge in [-0.2, -0.15) is 23.5 Å². The van der Waals surface area contributed by atoms with Gasteiger partial charge in [-0.1, -0.05) is 0 Å². The predicted molar refractivity (Wildman–Crippen MR) is 90.3 cm³/mol. The Bertz CT molecular complexity index is 817. The Morgan fingerprint density at radius 1 is 1.27 bits per heavy atom. The third-order valence-corrected chi connectivity index (χ3v) is 4.06. The molecule has 0 saturated carbocycles. The average molecular weight is 364 g/mol. The molecule has 8 heteroatoms. The Kier molecular flexibility index (Phi) is 6.03. The minimum Gasteiger partial charge on any atom is -0.326 e. The number of benzene rings is 1. The summed E-state index contributed by atoms with van der Waals surface area (Å²) in [6.07, 6.45) is -3.39. The molecule has 0 atom stereocenters. The highest BCUT2D eigenvalue weighted by Gasteiger charge is 2.29. The van der Waals surface area contributed by atoms with E-state index in [1.807, 2.05) is 13.8 Å². The Balaban J connectivity index is 1.95. The molecule has 0 spiro atoms. The molecule has 0 fully saturated rings. The molecule has 26 heavy (non-hydrogen) atoms. The zero-order chi connectivity index (χ0) is 19.3. The summed E-state index contributed by atoms with van der Waals surface area (Å²) in [7, 11) is 0. The quantitative estimate of drug-likeness (QED) is 0.842. The Hall–Kier alpha value is -2.82. The minimum atomic E-state index is -4.40. The maximum absolute atomic E-state index is 12.5. The maximum Gasteiger partial charge on any atom is 0.416 e. The van der Waals surface area contributed by atoms with Gasteiger partial charge in [0.05, 0.1) is 30.3 Å². The molecule has 0 radical (unpaired) electrons. The van der Waals surface area contributed by atoms with Crippen LogP contribution in [0.5, 0.6) is 0 Å². The van der Waals surface area contributed by atoms with E-state index in [0.717, 1.165) is 29.1 Å². The van der Waals surface area contributed by atoms with Crippen molar-refractivity contribution in [2.45, 2.75) is 45.8 Å². The van der Waals surface area contributed by atoms with E-state index < -0.39 is 11.7 Å². The van der Waals surface area contributed by atoms with E-state index in [-0.39, 0.29) is 12.3 Å². The van der Waals surface area contributed by atoms with Crippen LogP contribution in [0.2, 0.25) is 0 Å². The van der Waals surface area contributed by atoms with E-state index >= 15 is 0 Å². The number of rotatable bonds is 6. The summed E-state index contributed by atoms with van der Waals surface area (Å²) >= 11 is 0. The molecule has 1 aromatic heterocycles. The number of nitriles is 1. The maximum atomic E-state index is 12.5. The van der Waals surface area contributed by atoms with E-state index in [0.29, 0.717) is 25.1 Å². The van der Waals surface area contributed by atoms with Gasteiger partial charge >= 0.3 is 6.18 Å². The highest BCUT2D eigenvalue weighted by Crippen LogP contribution is 2.29. The second-order valence-corrected chi connectivity index (χ2v) is 5.90. The largest absolute Gasteiger partial charge is 0.416 e. The number of carbonyl (C=O) groups is 1. The third-order valence-electron chi connectivity index (χ3n) is 4.06. The number of hydrogen-bond donors (Lipinski definition) is 1. The van der Waals surface area contributed by atoms with Crippen molar-refractivity contribution < 1.29 is 18.0 Å². The molecule has 1 amide bonds. The van der Waals surface area contributed by atoms with Crippen LogP contribution in [0, 0.1) is 25.2 Å². The molecule has 2 rings (SSSR count). The number of aromatic nitrogens is 2. The number of carbonyl (C=O) groups excluding carboxylic acids is 1. The summed E-state index contributed by atoms with van der Waals surface area (Å²) in [4.78, 5) is 12.1. The number of nitrogens with one attached hydrogen (secondary N) is 1. The van der Waals surface area contributed by atoms with Crippen LogP contribution in [0.4, 0.5) is 18.9 Å². The van der Waals surface area contributed by atoms with Crippen molar-refractivity contribution >= 4 is 11.6 Å². The lowest BCUT2D eigenvalue weighted by Gasteiger charge is -2.09. The van der Waals surface area contributed by atoms with Gasteiger partial charge in [0.2, 0.25) is 5.91 Å². The van der Waals surface area contributed by atoms with Crippen molar-refractivity contribution in [3.8, 4) is 6.07 Å². The fourth-order valence-corrected chi connectivity index (χ4v) is 2.67. The second-order valence-electron chi connectivity index (χ2n) is 5.90. The number of halogens is 3. The van der Waals surface area contributed by atoms with Gasteiger partial charge in [-0.25, -0.2) is 0 Å². The fourth-order valence-electron chi connectivity index (χ4n) is 2.67. The highest BCUT2D eigenvalue weighted by molar-refractivity contribution is 5.90. The number of alkyl halides is 3. The normalized spacial score (nSPS) is 11.2. The van der Waals surface area contributed by atoms with Crippen LogP contribution < -0.4 is 5.32 Å². The number of hydrogen-bond acceptors (Lipinski definition) is 3. The fraction of sp³-hybridized carbons (Fsp3) is 0.389. The molecule has 0 unspecified atom stereocenters. The number of aryl methyl sites for hydroxylation is 2. The van der Waals surface area contributed by atoms with Crippen LogP contribution in [-0.4, -0.2) is 15.7 Å². The van der Waals surface area contributed by atoms with Crippen LogP contribution in [0.1, 0.15) is 35.4 Å². The topological polar surface area (TPSA) is 70.7 Å². The van der Waals surface area contributed by atoms with Crippen molar-refractivity contribution in [2.75, 3.05) is 5.32 Å². The van der Waals surface area contributed by atoms with Gasteiger partial charge in [-0.3, -0.25) is 9.48 Å². The first kappa shape index (κ1) is 19.5. The van der Waals surface area contributed by atoms with Gasteiger partial charge in [0.1, 0.15) is 0 Å². The van der Waals surface area contributed by atoms with E-state index in [1.54, 1.807) is 4.68 Å². The lowest BCUT2D eigenvalue weighted by atomic mass is 10.1. The van der Waals surface area contributed by atoms with Crippen LogP contribution in [-0.2, 0) is 23.9 Å². The highest BCUT2D eigenvalue weighted by atomic mass is 19.4. The molecular weight excluding hydrogens is 345 g/mol. The molecule has 1 aromatic carbocycles. The molecule has 1 N–H and O–H groups in total. The number of anilines is 1. The lowest BCUT2D eigenvalue weighted by molar-refractivity contribution is -0.137. The van der Waals surface area contributed by atoms with Gasteiger partial charge < -0.3 is 5.32 Å². The summed E-state index contributed by atoms with van der Waals surface area (Å²) in [6, 6.07) is 6.40. The summed E-state index contributed by atoms with van der Waals surface area (Å²) < 4.78 is 39.3. The molecule has 0 aliphatic heterocycles. The van der Waals surface area contributed by atoms with Crippen molar-refractivity contribution in [2.24, 2.45) is 0 Å². The Morgan fingerprint density at radius 2 is 1.92 bits per heavy atom. The van der Waals surface area contributed by atoms with Gasteiger partial charge in [0.15, 0.2) is 0 Å². The molecule has 138 valence electrons. The van der Waals surface area contributed by atoms with Crippen LogP contribution in [0.15, 0.2) is 24.3 Å². The number of amides is 1.